The van der Waals surface area contributed by atoms with Gasteiger partial charge in [0.15, 0.2) is 17.5 Å². The normalized spacial score (nSPS) is 13.9. The molecule has 2 atom stereocenters. The first-order valence-corrected chi connectivity index (χ1v) is 16.4. The maximum atomic E-state index is 11.3. The number of hydrogen-bond donors (Lipinski definition) is 2. The van der Waals surface area contributed by atoms with Crippen molar-refractivity contribution in [1.82, 2.24) is 4.78 Å². The largest absolute Gasteiger partial charge is 0.481 e. The van der Waals surface area contributed by atoms with Gasteiger partial charge >= 0.3 is 14.4 Å². The summed E-state index contributed by atoms with van der Waals surface area (Å²) in [5.41, 5.74) is 9.37. The molecule has 0 heterocycles. The molecule has 206 valence electrons. The Morgan fingerprint density at radius 2 is 1.63 bits per heavy atom. The van der Waals surface area contributed by atoms with Gasteiger partial charge in [0.25, 0.3) is 5.34 Å². The van der Waals surface area contributed by atoms with Gasteiger partial charge in [0, 0.05) is 18.3 Å². The second-order valence-electron chi connectivity index (χ2n) is 9.01. The lowest BCUT2D eigenvalue weighted by atomic mass is 10.1. The zero-order valence-electron chi connectivity index (χ0n) is 22.4. The van der Waals surface area contributed by atoms with E-state index < -0.39 is 25.5 Å². The molecule has 0 aliphatic rings. The minimum absolute atomic E-state index is 0.316. The van der Waals surface area contributed by atoms with Gasteiger partial charge in [-0.25, -0.2) is 0 Å². The first-order chi connectivity index (χ1) is 17.9. The lowest BCUT2D eigenvalue weighted by molar-refractivity contribution is 0.0675. The summed E-state index contributed by atoms with van der Waals surface area (Å²) in [5, 5.41) is 7.73. The number of hydrazone groups is 1. The van der Waals surface area contributed by atoms with E-state index in [1.807, 2.05) is 52.1 Å². The summed E-state index contributed by atoms with van der Waals surface area (Å²) in [7, 11) is -2.31. The Bertz CT molecular complexity index is 1200. The number of nitrogens with zero attached hydrogens (tertiary/aromatic N) is 5. The molecule has 0 saturated carbocycles. The van der Waals surface area contributed by atoms with E-state index in [9.17, 15) is 14.4 Å². The maximum Gasteiger partial charge on any atom is 0.358 e. The van der Waals surface area contributed by atoms with Crippen molar-refractivity contribution in [3.8, 4) is 11.5 Å². The fraction of sp³-hybridized carbons (Fsp3) is 0.480. The number of rotatable bonds is 15. The number of hydrogen-bond acceptors (Lipinski definition) is 6. The third kappa shape index (κ3) is 9.35. The average molecular weight is 581 g/mol. The molecule has 2 rings (SSSR count). The van der Waals surface area contributed by atoms with Crippen LogP contribution in [-0.4, -0.2) is 38.9 Å². The molecule has 0 aliphatic carbocycles. The topological polar surface area (TPSA) is 140 Å². The molecule has 0 saturated heterocycles. The lowest BCUT2D eigenvalue weighted by Crippen LogP contribution is -2.31. The van der Waals surface area contributed by atoms with Crippen LogP contribution >= 0.6 is 14.4 Å². The van der Waals surface area contributed by atoms with E-state index in [0.29, 0.717) is 36.3 Å². The van der Waals surface area contributed by atoms with Gasteiger partial charge < -0.3 is 19.3 Å². The Morgan fingerprint density at radius 1 is 1.08 bits per heavy atom. The quantitative estimate of drug-likeness (QED) is 0.0563. The van der Waals surface area contributed by atoms with Gasteiger partial charge in [-0.1, -0.05) is 32.9 Å². The van der Waals surface area contributed by atoms with Crippen LogP contribution in [0.1, 0.15) is 64.5 Å². The molecule has 0 radical (unpaired) electrons. The van der Waals surface area contributed by atoms with E-state index in [4.69, 9.17) is 26.8 Å². The summed E-state index contributed by atoms with van der Waals surface area (Å²) in [6.45, 7) is 6.58. The van der Waals surface area contributed by atoms with Crippen LogP contribution in [0, 0.1) is 0 Å². The Kier molecular flexibility index (Phi) is 11.7. The maximum absolute atomic E-state index is 11.3. The SMILES string of the molecule is CCCC(C)(Oc1ccc(CP(=O)(O)O)cc1)[P+](=S)N(C)/N=C/c1ccc(OC(CC)(CC)N=[N+]=[N-])cc1. The summed E-state index contributed by atoms with van der Waals surface area (Å²) in [4.78, 5) is 21.3. The van der Waals surface area contributed by atoms with E-state index in [1.54, 1.807) is 35.3 Å². The van der Waals surface area contributed by atoms with Gasteiger partial charge in [-0.2, -0.15) is 0 Å². The average Bonchev–Trinajstić information content (AvgIpc) is 2.87. The van der Waals surface area contributed by atoms with E-state index >= 15 is 0 Å². The molecular weight excluding hydrogens is 544 g/mol. The molecule has 38 heavy (non-hydrogen) atoms. The lowest BCUT2D eigenvalue weighted by Gasteiger charge is -2.27. The predicted molar refractivity (Wildman–Crippen MR) is 155 cm³/mol. The van der Waals surface area contributed by atoms with Crippen molar-refractivity contribution in [2.24, 2.45) is 10.2 Å². The van der Waals surface area contributed by atoms with Crippen molar-refractivity contribution in [3.05, 3.63) is 70.1 Å². The van der Waals surface area contributed by atoms with Gasteiger partial charge in [0.05, 0.1) is 19.4 Å². The Labute approximate surface area is 230 Å². The zero-order valence-corrected chi connectivity index (χ0v) is 25.0. The number of ether oxygens (including phenoxy) is 2. The third-order valence-electron chi connectivity index (χ3n) is 5.92. The Hall–Kier alpha value is -2.51. The highest BCUT2D eigenvalue weighted by molar-refractivity contribution is 8.04. The molecule has 10 nitrogen and oxygen atoms in total. The summed E-state index contributed by atoms with van der Waals surface area (Å²) in [5.74, 6) is 1.18. The minimum atomic E-state index is -4.14. The number of benzene rings is 2. The van der Waals surface area contributed by atoms with Crippen molar-refractivity contribution in [3.63, 3.8) is 0 Å². The summed E-state index contributed by atoms with van der Waals surface area (Å²) in [6.07, 6.45) is 4.08. The molecule has 0 spiro atoms. The fourth-order valence-electron chi connectivity index (χ4n) is 3.79. The van der Waals surface area contributed by atoms with E-state index in [-0.39, 0.29) is 6.16 Å². The van der Waals surface area contributed by atoms with Crippen molar-refractivity contribution >= 4 is 32.5 Å². The van der Waals surface area contributed by atoms with Crippen LogP contribution in [0.15, 0.2) is 58.7 Å². The second-order valence-corrected chi connectivity index (χ2v) is 13.8. The van der Waals surface area contributed by atoms with Crippen LogP contribution in [0.3, 0.4) is 0 Å². The van der Waals surface area contributed by atoms with Gasteiger partial charge in [0.2, 0.25) is 0 Å². The first kappa shape index (κ1) is 31.7. The molecule has 0 fully saturated rings. The fourth-order valence-corrected chi connectivity index (χ4v) is 6.34. The Balaban J connectivity index is 2.12. The molecule has 2 N–H and O–H groups in total. The molecule has 0 bridgehead atoms. The van der Waals surface area contributed by atoms with Crippen LogP contribution in [0.2, 0.25) is 0 Å². The summed E-state index contributed by atoms with van der Waals surface area (Å²) in [6, 6.07) is 14.1. The first-order valence-electron chi connectivity index (χ1n) is 12.3. The molecule has 0 aliphatic heterocycles. The highest BCUT2D eigenvalue weighted by atomic mass is 32.4. The molecule has 0 aromatic heterocycles. The van der Waals surface area contributed by atoms with E-state index in [1.165, 1.54) is 0 Å². The van der Waals surface area contributed by atoms with E-state index in [2.05, 4.69) is 22.1 Å². The van der Waals surface area contributed by atoms with Gasteiger partial charge in [-0.05, 0) is 77.4 Å². The number of azide groups is 1. The smallest absolute Gasteiger partial charge is 0.358 e. The van der Waals surface area contributed by atoms with Gasteiger partial charge in [-0.15, -0.1) is 9.88 Å². The van der Waals surface area contributed by atoms with Crippen LogP contribution < -0.4 is 9.47 Å². The van der Waals surface area contributed by atoms with Crippen LogP contribution in [0.4, 0.5) is 0 Å². The Morgan fingerprint density at radius 3 is 2.13 bits per heavy atom. The second kappa shape index (κ2) is 14.0. The standard InChI is InChI=1S/C25H35N5O5P2S/c1-6-17-24(4,34-22-15-11-21(12-16-22)19-37(31,32)33)36(38)30(5)27-18-20-9-13-23(14-10-20)35-25(7-2,8-3)28-29-26/h9-16,18H,6-8,17,19H2,1-5H3,(H-,31,32,33)/p+1/b27-18+. The predicted octanol–water partition coefficient (Wildman–Crippen LogP) is 7.29. The van der Waals surface area contributed by atoms with Crippen LogP contribution in [0.25, 0.3) is 10.4 Å². The highest BCUT2D eigenvalue weighted by Gasteiger charge is 2.45. The van der Waals surface area contributed by atoms with Crippen LogP contribution in [-0.2, 0) is 22.5 Å². The molecule has 13 heteroatoms. The molecule has 2 aromatic carbocycles. The van der Waals surface area contributed by atoms with Gasteiger partial charge in [-0.3, -0.25) is 4.57 Å². The summed E-state index contributed by atoms with van der Waals surface area (Å²) < 4.78 is 25.3. The molecule has 2 unspecified atom stereocenters. The highest BCUT2D eigenvalue weighted by Crippen LogP contribution is 2.46. The van der Waals surface area contributed by atoms with Crippen molar-refractivity contribution < 1.29 is 23.8 Å². The minimum Gasteiger partial charge on any atom is -0.481 e. The van der Waals surface area contributed by atoms with Crippen molar-refractivity contribution in [1.29, 1.82) is 0 Å². The molecular formula is C25H36N5O5P2S+. The summed E-state index contributed by atoms with van der Waals surface area (Å²) >= 11 is 5.89. The molecule has 0 amide bonds. The van der Waals surface area contributed by atoms with Crippen molar-refractivity contribution in [2.75, 3.05) is 7.05 Å². The van der Waals surface area contributed by atoms with Crippen LogP contribution in [0.5, 0.6) is 11.5 Å². The monoisotopic (exact) mass is 580 g/mol. The van der Waals surface area contributed by atoms with Gasteiger partial charge in [0.1, 0.15) is 11.5 Å². The third-order valence-corrected chi connectivity index (χ3v) is 10.3. The zero-order chi connectivity index (χ0) is 28.4. The van der Waals surface area contributed by atoms with E-state index in [0.717, 1.165) is 12.0 Å². The van der Waals surface area contributed by atoms with Crippen molar-refractivity contribution in [2.45, 2.75) is 70.6 Å². The molecule has 2 aromatic rings.